The van der Waals surface area contributed by atoms with Crippen LogP contribution in [0.2, 0.25) is 0 Å². The number of rotatable bonds is 7. The van der Waals surface area contributed by atoms with Crippen molar-refractivity contribution in [3.05, 3.63) is 0 Å². The molecule has 0 radical (unpaired) electrons. The molecule has 0 fully saturated rings. The minimum atomic E-state index is -0.174. The van der Waals surface area contributed by atoms with E-state index in [4.69, 9.17) is 6.42 Å². The fourth-order valence-electron chi connectivity index (χ4n) is 0.904. The third kappa shape index (κ3) is 9.28. The molecule has 0 aromatic carbocycles. The van der Waals surface area contributed by atoms with Crippen LogP contribution in [0.3, 0.4) is 0 Å². The number of hydrogen-bond acceptors (Lipinski definition) is 4. The molecule has 0 spiro atoms. The van der Waals surface area contributed by atoms with Crippen molar-refractivity contribution in [1.29, 1.82) is 0 Å². The van der Waals surface area contributed by atoms with Gasteiger partial charge in [0.15, 0.2) is 5.12 Å². The van der Waals surface area contributed by atoms with Gasteiger partial charge in [-0.25, -0.2) is 0 Å². The van der Waals surface area contributed by atoms with Gasteiger partial charge < -0.3 is 5.32 Å². The summed E-state index contributed by atoms with van der Waals surface area (Å²) in [5, 5.41) is 2.39. The van der Waals surface area contributed by atoms with Crippen LogP contribution in [0, 0.1) is 12.3 Å². The highest BCUT2D eigenvalue weighted by Crippen LogP contribution is 2.06. The zero-order valence-corrected chi connectivity index (χ0v) is 10.1. The van der Waals surface area contributed by atoms with Crippen LogP contribution in [0.15, 0.2) is 0 Å². The van der Waals surface area contributed by atoms with Gasteiger partial charge in [0, 0.05) is 32.1 Å². The van der Waals surface area contributed by atoms with Crippen molar-refractivity contribution in [2.24, 2.45) is 0 Å². The van der Waals surface area contributed by atoms with Gasteiger partial charge in [-0.1, -0.05) is 11.8 Å². The molecule has 0 saturated heterocycles. The van der Waals surface area contributed by atoms with Crippen LogP contribution in [0.4, 0.5) is 0 Å². The Hall–Kier alpha value is -1.28. The standard InChI is InChI=1S/C11H15NO3S/c1-3-4-5-10(14)8-11(15)16-7-6-12-9(2)13/h1H,4-8H2,2H3,(H,12,13). The van der Waals surface area contributed by atoms with E-state index in [0.717, 1.165) is 11.8 Å². The third-order valence-corrected chi connectivity index (χ3v) is 2.50. The summed E-state index contributed by atoms with van der Waals surface area (Å²) in [6.07, 6.45) is 5.56. The molecule has 0 aliphatic carbocycles. The van der Waals surface area contributed by atoms with Crippen LogP contribution in [-0.4, -0.2) is 29.1 Å². The molecular weight excluding hydrogens is 226 g/mol. The molecule has 1 amide bonds. The summed E-state index contributed by atoms with van der Waals surface area (Å²) in [7, 11) is 0. The molecule has 1 N–H and O–H groups in total. The molecule has 0 saturated carbocycles. The summed E-state index contributed by atoms with van der Waals surface area (Å²) in [6, 6.07) is 0. The maximum atomic E-state index is 11.2. The van der Waals surface area contributed by atoms with Gasteiger partial charge in [-0.15, -0.1) is 12.3 Å². The van der Waals surface area contributed by atoms with E-state index in [0.29, 0.717) is 18.7 Å². The van der Waals surface area contributed by atoms with Crippen molar-refractivity contribution in [2.45, 2.75) is 26.2 Å². The largest absolute Gasteiger partial charge is 0.356 e. The quantitative estimate of drug-likeness (QED) is 0.406. The van der Waals surface area contributed by atoms with Gasteiger partial charge in [-0.2, -0.15) is 0 Å². The lowest BCUT2D eigenvalue weighted by Gasteiger charge is -2.01. The van der Waals surface area contributed by atoms with Crippen LogP contribution in [0.25, 0.3) is 0 Å². The SMILES string of the molecule is C#CCCC(=O)CC(=O)SCCNC(C)=O. The fraction of sp³-hybridized carbons (Fsp3) is 0.545. The van der Waals surface area contributed by atoms with Gasteiger partial charge in [0.1, 0.15) is 5.78 Å². The zero-order valence-electron chi connectivity index (χ0n) is 9.25. The Morgan fingerprint density at radius 2 is 2.06 bits per heavy atom. The molecular formula is C11H15NO3S. The summed E-state index contributed by atoms with van der Waals surface area (Å²) in [4.78, 5) is 32.9. The smallest absolute Gasteiger partial charge is 0.216 e. The number of hydrogen-bond donors (Lipinski definition) is 1. The van der Waals surface area contributed by atoms with E-state index in [1.165, 1.54) is 6.92 Å². The molecule has 0 aliphatic heterocycles. The van der Waals surface area contributed by atoms with E-state index in [1.807, 2.05) is 0 Å². The van der Waals surface area contributed by atoms with Crippen LogP contribution in [0.1, 0.15) is 26.2 Å². The Balaban J connectivity index is 3.55. The van der Waals surface area contributed by atoms with Crippen LogP contribution in [-0.2, 0) is 14.4 Å². The Labute approximate surface area is 99.5 Å². The minimum Gasteiger partial charge on any atom is -0.356 e. The number of carbonyl (C=O) groups is 3. The van der Waals surface area contributed by atoms with E-state index in [2.05, 4.69) is 11.2 Å². The number of Topliss-reactive ketones (excluding diaryl/α,β-unsaturated/α-hetero) is 1. The first-order valence-corrected chi connectivity index (χ1v) is 5.90. The number of amides is 1. The van der Waals surface area contributed by atoms with Crippen molar-refractivity contribution in [3.8, 4) is 12.3 Å². The summed E-state index contributed by atoms with van der Waals surface area (Å²) >= 11 is 1.05. The second-order valence-electron chi connectivity index (χ2n) is 3.12. The molecule has 0 aliphatic rings. The summed E-state index contributed by atoms with van der Waals surface area (Å²) < 4.78 is 0. The normalized spacial score (nSPS) is 9.25. The molecule has 4 nitrogen and oxygen atoms in total. The molecule has 0 unspecified atom stereocenters. The lowest BCUT2D eigenvalue weighted by atomic mass is 10.2. The van der Waals surface area contributed by atoms with Gasteiger partial charge in [0.25, 0.3) is 0 Å². The van der Waals surface area contributed by atoms with Gasteiger partial charge in [-0.05, 0) is 0 Å². The number of terminal acetylenes is 1. The van der Waals surface area contributed by atoms with Crippen molar-refractivity contribution < 1.29 is 14.4 Å². The van der Waals surface area contributed by atoms with Crippen LogP contribution < -0.4 is 5.32 Å². The molecule has 0 rings (SSSR count). The Morgan fingerprint density at radius 1 is 1.38 bits per heavy atom. The predicted octanol–water partition coefficient (Wildman–Crippen LogP) is 0.755. The van der Waals surface area contributed by atoms with Crippen LogP contribution in [0.5, 0.6) is 0 Å². The van der Waals surface area contributed by atoms with Crippen molar-refractivity contribution in [1.82, 2.24) is 5.32 Å². The Bertz CT molecular complexity index is 307. The van der Waals surface area contributed by atoms with E-state index >= 15 is 0 Å². The summed E-state index contributed by atoms with van der Waals surface area (Å²) in [5.41, 5.74) is 0. The highest BCUT2D eigenvalue weighted by atomic mass is 32.2. The summed E-state index contributed by atoms with van der Waals surface area (Å²) in [6.45, 7) is 1.85. The Morgan fingerprint density at radius 3 is 2.62 bits per heavy atom. The third-order valence-electron chi connectivity index (χ3n) is 1.63. The monoisotopic (exact) mass is 241 g/mol. The summed E-state index contributed by atoms with van der Waals surface area (Å²) in [5.74, 6) is 2.58. The van der Waals surface area contributed by atoms with Crippen molar-refractivity contribution >= 4 is 28.6 Å². The number of thioether (sulfide) groups is 1. The van der Waals surface area contributed by atoms with Gasteiger partial charge in [0.2, 0.25) is 5.91 Å². The molecule has 0 bridgehead atoms. The number of ketones is 1. The fourth-order valence-corrected chi connectivity index (χ4v) is 1.60. The Kier molecular flexibility index (Phi) is 8.26. The lowest BCUT2D eigenvalue weighted by Crippen LogP contribution is -2.22. The average molecular weight is 241 g/mol. The maximum absolute atomic E-state index is 11.2. The first-order chi connectivity index (χ1) is 7.56. The van der Waals surface area contributed by atoms with E-state index < -0.39 is 0 Å². The molecule has 0 heterocycles. The number of carbonyl (C=O) groups excluding carboxylic acids is 3. The number of nitrogens with one attached hydrogen (secondary N) is 1. The van der Waals surface area contributed by atoms with Gasteiger partial charge >= 0.3 is 0 Å². The van der Waals surface area contributed by atoms with E-state index in [-0.39, 0.29) is 29.6 Å². The molecule has 0 aromatic heterocycles. The second-order valence-corrected chi connectivity index (χ2v) is 4.28. The topological polar surface area (TPSA) is 63.2 Å². The van der Waals surface area contributed by atoms with Crippen LogP contribution >= 0.6 is 11.8 Å². The highest BCUT2D eigenvalue weighted by Gasteiger charge is 2.09. The molecule has 16 heavy (non-hydrogen) atoms. The highest BCUT2D eigenvalue weighted by molar-refractivity contribution is 8.13. The second kappa shape index (κ2) is 8.98. The van der Waals surface area contributed by atoms with E-state index in [9.17, 15) is 14.4 Å². The molecule has 0 aromatic rings. The molecule has 88 valence electrons. The van der Waals surface area contributed by atoms with Crippen molar-refractivity contribution in [2.75, 3.05) is 12.3 Å². The molecule has 5 heteroatoms. The first-order valence-electron chi connectivity index (χ1n) is 4.91. The average Bonchev–Trinajstić information content (AvgIpc) is 2.21. The lowest BCUT2D eigenvalue weighted by molar-refractivity contribution is -0.123. The molecule has 0 atom stereocenters. The van der Waals surface area contributed by atoms with Gasteiger partial charge in [-0.3, -0.25) is 14.4 Å². The van der Waals surface area contributed by atoms with Crippen molar-refractivity contribution in [3.63, 3.8) is 0 Å². The maximum Gasteiger partial charge on any atom is 0.216 e. The minimum absolute atomic E-state index is 0.0770. The van der Waals surface area contributed by atoms with E-state index in [1.54, 1.807) is 0 Å². The first kappa shape index (κ1) is 14.7. The predicted molar refractivity (Wildman–Crippen MR) is 63.8 cm³/mol. The van der Waals surface area contributed by atoms with Gasteiger partial charge in [0.05, 0.1) is 6.42 Å². The zero-order chi connectivity index (χ0) is 12.4.